The molecule has 116 valence electrons. The Morgan fingerprint density at radius 1 is 1.14 bits per heavy atom. The number of rotatable bonds is 5. The lowest BCUT2D eigenvalue weighted by atomic mass is 10.1. The quantitative estimate of drug-likeness (QED) is 0.829. The summed E-state index contributed by atoms with van der Waals surface area (Å²) in [4.78, 5) is 13.3. The summed E-state index contributed by atoms with van der Waals surface area (Å²) in [6.07, 6.45) is 1.45. The molecule has 3 nitrogen and oxygen atoms in total. The third kappa shape index (κ3) is 4.28. The zero-order valence-electron chi connectivity index (χ0n) is 13.3. The van der Waals surface area contributed by atoms with Gasteiger partial charge in [0, 0.05) is 10.6 Å². The van der Waals surface area contributed by atoms with E-state index in [1.54, 1.807) is 18.7 Å². The lowest BCUT2D eigenvalue weighted by molar-refractivity contribution is -0.122. The second-order valence-electron chi connectivity index (χ2n) is 5.23. The maximum atomic E-state index is 12.2. The first-order valence-corrected chi connectivity index (χ1v) is 8.41. The van der Waals surface area contributed by atoms with Gasteiger partial charge in [0.1, 0.15) is 5.75 Å². The normalized spacial score (nSPS) is 11.8. The fourth-order valence-electron chi connectivity index (χ4n) is 1.99. The molecule has 0 aliphatic heterocycles. The number of hydrogen-bond acceptors (Lipinski definition) is 3. The maximum Gasteiger partial charge on any atom is 0.265 e. The molecule has 0 aliphatic carbocycles. The molecule has 2 aromatic carbocycles. The van der Waals surface area contributed by atoms with Crippen LogP contribution in [0.2, 0.25) is 0 Å². The van der Waals surface area contributed by atoms with Gasteiger partial charge in [-0.15, -0.1) is 11.8 Å². The van der Waals surface area contributed by atoms with Crippen LogP contribution in [0.5, 0.6) is 5.75 Å². The minimum Gasteiger partial charge on any atom is -0.481 e. The Hall–Kier alpha value is -1.94. The van der Waals surface area contributed by atoms with Crippen molar-refractivity contribution in [3.63, 3.8) is 0 Å². The van der Waals surface area contributed by atoms with Gasteiger partial charge in [0.25, 0.3) is 5.91 Å². The molecular formula is C18H21NO2S. The fraction of sp³-hybridized carbons (Fsp3) is 0.278. The molecule has 0 bridgehead atoms. The third-order valence-corrected chi connectivity index (χ3v) is 4.22. The zero-order valence-corrected chi connectivity index (χ0v) is 14.2. The number of hydrogen-bond donors (Lipinski definition) is 1. The van der Waals surface area contributed by atoms with Gasteiger partial charge in [0.2, 0.25) is 0 Å². The highest BCUT2D eigenvalue weighted by molar-refractivity contribution is 7.98. The lowest BCUT2D eigenvalue weighted by Crippen LogP contribution is -2.30. The summed E-state index contributed by atoms with van der Waals surface area (Å²) in [5, 5.41) is 2.89. The molecule has 2 rings (SSSR count). The van der Waals surface area contributed by atoms with E-state index >= 15 is 0 Å². The van der Waals surface area contributed by atoms with Crippen LogP contribution in [-0.4, -0.2) is 18.3 Å². The second kappa shape index (κ2) is 7.36. The molecule has 0 aliphatic rings. The molecule has 1 amide bonds. The molecule has 0 saturated carbocycles. The van der Waals surface area contributed by atoms with E-state index in [1.165, 1.54) is 5.56 Å². The van der Waals surface area contributed by atoms with Gasteiger partial charge < -0.3 is 10.1 Å². The lowest BCUT2D eigenvalue weighted by Gasteiger charge is -2.16. The van der Waals surface area contributed by atoms with Gasteiger partial charge in [-0.05, 0) is 68.5 Å². The summed E-state index contributed by atoms with van der Waals surface area (Å²) in [5.41, 5.74) is 3.14. The number of ether oxygens (including phenoxy) is 1. The molecule has 0 fully saturated rings. The van der Waals surface area contributed by atoms with Crippen molar-refractivity contribution in [2.45, 2.75) is 31.8 Å². The predicted molar refractivity (Wildman–Crippen MR) is 92.9 cm³/mol. The van der Waals surface area contributed by atoms with Crippen molar-refractivity contribution in [2.75, 3.05) is 11.6 Å². The Balaban J connectivity index is 2.00. The maximum absolute atomic E-state index is 12.2. The molecule has 0 spiro atoms. The van der Waals surface area contributed by atoms with E-state index in [2.05, 4.69) is 5.32 Å². The van der Waals surface area contributed by atoms with Crippen molar-refractivity contribution in [3.8, 4) is 5.75 Å². The molecule has 0 radical (unpaired) electrons. The summed E-state index contributed by atoms with van der Waals surface area (Å²) in [5.74, 6) is 0.556. The predicted octanol–water partition coefficient (Wildman–Crippen LogP) is 4.43. The number of nitrogens with one attached hydrogen (secondary N) is 1. The van der Waals surface area contributed by atoms with Gasteiger partial charge in [0.05, 0.1) is 0 Å². The van der Waals surface area contributed by atoms with Crippen LogP contribution in [0.25, 0.3) is 0 Å². The van der Waals surface area contributed by atoms with Crippen LogP contribution in [-0.2, 0) is 4.79 Å². The smallest absolute Gasteiger partial charge is 0.265 e. The van der Waals surface area contributed by atoms with E-state index in [0.29, 0.717) is 5.75 Å². The van der Waals surface area contributed by atoms with Crippen molar-refractivity contribution >= 4 is 23.4 Å². The average Bonchev–Trinajstić information content (AvgIpc) is 2.51. The van der Waals surface area contributed by atoms with Crippen LogP contribution in [0.1, 0.15) is 18.1 Å². The first-order valence-electron chi connectivity index (χ1n) is 7.18. The Labute approximate surface area is 136 Å². The highest BCUT2D eigenvalue weighted by atomic mass is 32.2. The van der Waals surface area contributed by atoms with Crippen LogP contribution in [0.3, 0.4) is 0 Å². The van der Waals surface area contributed by atoms with Crippen molar-refractivity contribution in [1.82, 2.24) is 0 Å². The number of thioether (sulfide) groups is 1. The van der Waals surface area contributed by atoms with Crippen LogP contribution >= 0.6 is 11.8 Å². The summed E-state index contributed by atoms with van der Waals surface area (Å²) in [7, 11) is 0. The fourth-order valence-corrected chi connectivity index (χ4v) is 2.45. The van der Waals surface area contributed by atoms with E-state index in [1.807, 2.05) is 62.6 Å². The van der Waals surface area contributed by atoms with Crippen LogP contribution in [0.15, 0.2) is 47.4 Å². The molecule has 4 heteroatoms. The van der Waals surface area contributed by atoms with Crippen LogP contribution in [0.4, 0.5) is 5.69 Å². The van der Waals surface area contributed by atoms with Gasteiger partial charge >= 0.3 is 0 Å². The van der Waals surface area contributed by atoms with Gasteiger partial charge in [-0.25, -0.2) is 0 Å². The van der Waals surface area contributed by atoms with Crippen molar-refractivity contribution < 1.29 is 9.53 Å². The molecule has 0 saturated heterocycles. The standard InChI is InChI=1S/C18H21NO2S/c1-12-8-9-16(10-13(12)2)21-14(3)18(20)19-15-6-5-7-17(11-15)22-4/h5-11,14H,1-4H3,(H,19,20)/t14-/m1/s1. The zero-order chi connectivity index (χ0) is 16.1. The summed E-state index contributed by atoms with van der Waals surface area (Å²) >= 11 is 1.64. The highest BCUT2D eigenvalue weighted by Crippen LogP contribution is 2.20. The molecular weight excluding hydrogens is 294 g/mol. The first-order chi connectivity index (χ1) is 10.5. The Morgan fingerprint density at radius 3 is 2.59 bits per heavy atom. The summed E-state index contributed by atoms with van der Waals surface area (Å²) in [6.45, 7) is 5.83. The van der Waals surface area contributed by atoms with Crippen molar-refractivity contribution in [3.05, 3.63) is 53.6 Å². The monoisotopic (exact) mass is 315 g/mol. The largest absolute Gasteiger partial charge is 0.481 e. The molecule has 0 aromatic heterocycles. The van der Waals surface area contributed by atoms with Gasteiger partial charge in [-0.1, -0.05) is 12.1 Å². The molecule has 2 aromatic rings. The van der Waals surface area contributed by atoms with Crippen LogP contribution < -0.4 is 10.1 Å². The van der Waals surface area contributed by atoms with Crippen LogP contribution in [0, 0.1) is 13.8 Å². The third-order valence-electron chi connectivity index (χ3n) is 3.50. The van der Waals surface area contributed by atoms with Crippen molar-refractivity contribution in [2.24, 2.45) is 0 Å². The van der Waals surface area contributed by atoms with E-state index in [-0.39, 0.29) is 5.91 Å². The Morgan fingerprint density at radius 2 is 1.91 bits per heavy atom. The average molecular weight is 315 g/mol. The molecule has 1 N–H and O–H groups in total. The number of carbonyl (C=O) groups excluding carboxylic acids is 1. The Kier molecular flexibility index (Phi) is 5.50. The SMILES string of the molecule is CSc1cccc(NC(=O)[C@@H](C)Oc2ccc(C)c(C)c2)c1. The van der Waals surface area contributed by atoms with E-state index < -0.39 is 6.10 Å². The summed E-state index contributed by atoms with van der Waals surface area (Å²) in [6, 6.07) is 13.6. The van der Waals surface area contributed by atoms with Gasteiger partial charge in [-0.3, -0.25) is 4.79 Å². The van der Waals surface area contributed by atoms with E-state index in [4.69, 9.17) is 4.74 Å². The first kappa shape index (κ1) is 16.4. The minimum absolute atomic E-state index is 0.156. The topological polar surface area (TPSA) is 38.3 Å². The number of aryl methyl sites for hydroxylation is 2. The number of anilines is 1. The minimum atomic E-state index is -0.556. The van der Waals surface area contributed by atoms with Gasteiger partial charge in [0.15, 0.2) is 6.10 Å². The molecule has 22 heavy (non-hydrogen) atoms. The van der Waals surface area contributed by atoms with E-state index in [9.17, 15) is 4.79 Å². The second-order valence-corrected chi connectivity index (χ2v) is 6.11. The highest BCUT2D eigenvalue weighted by Gasteiger charge is 2.15. The summed E-state index contributed by atoms with van der Waals surface area (Å²) < 4.78 is 5.72. The molecule has 1 atom stereocenters. The Bertz CT molecular complexity index is 670. The van der Waals surface area contributed by atoms with E-state index in [0.717, 1.165) is 16.1 Å². The molecule has 0 heterocycles. The molecule has 0 unspecified atom stereocenters. The number of benzene rings is 2. The number of carbonyl (C=O) groups is 1. The van der Waals surface area contributed by atoms with Gasteiger partial charge in [-0.2, -0.15) is 0 Å². The van der Waals surface area contributed by atoms with Crippen molar-refractivity contribution in [1.29, 1.82) is 0 Å². The number of amides is 1.